The number of thiazole rings is 1. The van der Waals surface area contributed by atoms with Gasteiger partial charge >= 0.3 is 0 Å². The third kappa shape index (κ3) is 3.14. The Labute approximate surface area is 171 Å². The number of thiophene rings is 1. The van der Waals surface area contributed by atoms with Crippen LogP contribution in [0.25, 0.3) is 21.6 Å². The molecule has 0 radical (unpaired) electrons. The van der Waals surface area contributed by atoms with Crippen LogP contribution in [0.1, 0.15) is 18.7 Å². The highest BCUT2D eigenvalue weighted by atomic mass is 32.2. The average molecular weight is 434 g/mol. The second kappa shape index (κ2) is 6.70. The third-order valence-corrected chi connectivity index (χ3v) is 8.44. The number of hydrogen-bond acceptors (Lipinski definition) is 6. The molecular formula is C19H19N3O3S3. The maximum absolute atomic E-state index is 13.3. The Bertz CT molecular complexity index is 1230. The largest absolute Gasteiger partial charge is 0.385 e. The summed E-state index contributed by atoms with van der Waals surface area (Å²) >= 11 is 2.74. The molecular weight excluding hydrogens is 414 g/mol. The van der Waals surface area contributed by atoms with Gasteiger partial charge in [-0.1, -0.05) is 12.1 Å². The fourth-order valence-electron chi connectivity index (χ4n) is 3.10. The lowest BCUT2D eigenvalue weighted by atomic mass is 10.1. The van der Waals surface area contributed by atoms with Gasteiger partial charge in [0.1, 0.15) is 9.90 Å². The summed E-state index contributed by atoms with van der Waals surface area (Å²) < 4.78 is 27.9. The molecule has 0 spiro atoms. The lowest BCUT2D eigenvalue weighted by Crippen LogP contribution is -2.29. The van der Waals surface area contributed by atoms with E-state index in [1.54, 1.807) is 37.6 Å². The fraction of sp³-hybridized carbons (Fsp3) is 0.211. The van der Waals surface area contributed by atoms with Gasteiger partial charge in [0, 0.05) is 24.0 Å². The van der Waals surface area contributed by atoms with E-state index in [2.05, 4.69) is 9.97 Å². The van der Waals surface area contributed by atoms with E-state index in [1.165, 1.54) is 34.0 Å². The van der Waals surface area contributed by atoms with Crippen molar-refractivity contribution in [2.24, 2.45) is 0 Å². The second-order valence-corrected chi connectivity index (χ2v) is 10.7. The van der Waals surface area contributed by atoms with Crippen LogP contribution in [0.4, 0.5) is 5.69 Å². The topological polar surface area (TPSA) is 86.3 Å². The first-order valence-corrected chi connectivity index (χ1v) is 11.7. The lowest BCUT2D eigenvalue weighted by molar-refractivity contribution is 0.0798. The second-order valence-electron chi connectivity index (χ2n) is 6.91. The van der Waals surface area contributed by atoms with E-state index in [0.29, 0.717) is 10.6 Å². The van der Waals surface area contributed by atoms with Crippen molar-refractivity contribution in [3.05, 3.63) is 52.2 Å². The Morgan fingerprint density at radius 3 is 2.64 bits per heavy atom. The lowest BCUT2D eigenvalue weighted by Gasteiger charge is -2.23. The van der Waals surface area contributed by atoms with Crippen LogP contribution in [0.5, 0.6) is 0 Å². The molecule has 0 atom stereocenters. The molecule has 1 aromatic carbocycles. The molecule has 9 heteroatoms. The van der Waals surface area contributed by atoms with Crippen molar-refractivity contribution in [2.45, 2.75) is 24.3 Å². The minimum Gasteiger partial charge on any atom is -0.385 e. The predicted octanol–water partition coefficient (Wildman–Crippen LogP) is 4.41. The SMILES string of the molecule is CN(c1cccc2cc(-c3nccs3)[nH]c12)S(=O)(=O)c1ccsc1C(C)(C)O. The van der Waals surface area contributed by atoms with E-state index in [9.17, 15) is 13.5 Å². The summed E-state index contributed by atoms with van der Waals surface area (Å²) in [6, 6.07) is 9.02. The zero-order chi connectivity index (χ0) is 20.1. The van der Waals surface area contributed by atoms with Gasteiger partial charge in [-0.2, -0.15) is 0 Å². The highest BCUT2D eigenvalue weighted by Crippen LogP contribution is 2.37. The molecule has 4 rings (SSSR count). The van der Waals surface area contributed by atoms with E-state index < -0.39 is 15.6 Å². The van der Waals surface area contributed by atoms with E-state index in [0.717, 1.165) is 21.6 Å². The number of rotatable bonds is 5. The Morgan fingerprint density at radius 2 is 1.96 bits per heavy atom. The molecule has 0 aliphatic carbocycles. The van der Waals surface area contributed by atoms with Gasteiger partial charge in [-0.3, -0.25) is 4.31 Å². The number of anilines is 1. The van der Waals surface area contributed by atoms with Gasteiger partial charge in [0.25, 0.3) is 10.0 Å². The first-order valence-electron chi connectivity index (χ1n) is 8.50. The van der Waals surface area contributed by atoms with Gasteiger partial charge in [-0.25, -0.2) is 13.4 Å². The number of aromatic amines is 1. The first-order chi connectivity index (χ1) is 13.2. The van der Waals surface area contributed by atoms with Gasteiger partial charge in [0.2, 0.25) is 0 Å². The van der Waals surface area contributed by atoms with Crippen LogP contribution in [0.3, 0.4) is 0 Å². The molecule has 2 N–H and O–H groups in total. The number of para-hydroxylation sites is 1. The molecule has 3 aromatic heterocycles. The van der Waals surface area contributed by atoms with Crippen molar-refractivity contribution in [3.63, 3.8) is 0 Å². The summed E-state index contributed by atoms with van der Waals surface area (Å²) in [6.07, 6.45) is 1.73. The Morgan fingerprint density at radius 1 is 1.18 bits per heavy atom. The molecule has 4 aromatic rings. The minimum atomic E-state index is -3.85. The van der Waals surface area contributed by atoms with Crippen LogP contribution >= 0.6 is 22.7 Å². The number of fused-ring (bicyclic) bond motifs is 1. The van der Waals surface area contributed by atoms with Gasteiger partial charge < -0.3 is 10.1 Å². The molecule has 0 aliphatic heterocycles. The van der Waals surface area contributed by atoms with Crippen molar-refractivity contribution < 1.29 is 13.5 Å². The first kappa shape index (κ1) is 19.1. The maximum Gasteiger partial charge on any atom is 0.265 e. The van der Waals surface area contributed by atoms with Gasteiger partial charge in [0.05, 0.1) is 27.4 Å². The highest BCUT2D eigenvalue weighted by molar-refractivity contribution is 7.93. The Balaban J connectivity index is 1.83. The zero-order valence-electron chi connectivity index (χ0n) is 15.5. The molecule has 146 valence electrons. The van der Waals surface area contributed by atoms with Crippen molar-refractivity contribution in [3.8, 4) is 10.7 Å². The summed E-state index contributed by atoms with van der Waals surface area (Å²) in [4.78, 5) is 8.16. The number of benzene rings is 1. The Hall–Kier alpha value is -2.20. The summed E-state index contributed by atoms with van der Waals surface area (Å²) in [5.74, 6) is 0. The molecule has 6 nitrogen and oxygen atoms in total. The van der Waals surface area contributed by atoms with E-state index in [1.807, 2.05) is 23.6 Å². The van der Waals surface area contributed by atoms with Crippen molar-refractivity contribution in [1.82, 2.24) is 9.97 Å². The normalized spacial score (nSPS) is 12.6. The van der Waals surface area contributed by atoms with Crippen LogP contribution in [0.15, 0.2) is 52.2 Å². The van der Waals surface area contributed by atoms with E-state index in [-0.39, 0.29) is 4.90 Å². The Kier molecular flexibility index (Phi) is 4.58. The minimum absolute atomic E-state index is 0.121. The molecule has 0 saturated carbocycles. The predicted molar refractivity (Wildman–Crippen MR) is 115 cm³/mol. The number of nitrogens with one attached hydrogen (secondary N) is 1. The molecule has 0 unspecified atom stereocenters. The maximum atomic E-state index is 13.3. The zero-order valence-corrected chi connectivity index (χ0v) is 18.0. The third-order valence-electron chi connectivity index (χ3n) is 4.46. The number of sulfonamides is 1. The molecule has 0 saturated heterocycles. The summed E-state index contributed by atoms with van der Waals surface area (Å²) in [7, 11) is -2.32. The summed E-state index contributed by atoms with van der Waals surface area (Å²) in [5.41, 5.74) is 0.858. The quantitative estimate of drug-likeness (QED) is 0.488. The number of nitrogens with zero attached hydrogens (tertiary/aromatic N) is 2. The number of aromatic nitrogens is 2. The van der Waals surface area contributed by atoms with Crippen LogP contribution in [-0.2, 0) is 15.6 Å². The number of hydrogen-bond donors (Lipinski definition) is 2. The van der Waals surface area contributed by atoms with E-state index >= 15 is 0 Å². The molecule has 28 heavy (non-hydrogen) atoms. The van der Waals surface area contributed by atoms with Crippen molar-refractivity contribution in [2.75, 3.05) is 11.4 Å². The molecule has 0 amide bonds. The van der Waals surface area contributed by atoms with Crippen LogP contribution in [0.2, 0.25) is 0 Å². The molecule has 0 aliphatic rings. The number of H-pyrrole nitrogens is 1. The smallest absolute Gasteiger partial charge is 0.265 e. The standard InChI is InChI=1S/C19H19N3O3S3/c1-19(2,23)17-15(7-9-26-17)28(24,25)22(3)14-6-4-5-12-11-13(21-16(12)14)18-20-8-10-27-18/h4-11,21,23H,1-3H3. The van der Waals surface area contributed by atoms with Crippen molar-refractivity contribution in [1.29, 1.82) is 0 Å². The van der Waals surface area contributed by atoms with Crippen LogP contribution in [-0.4, -0.2) is 30.5 Å². The summed E-state index contributed by atoms with van der Waals surface area (Å²) in [6.45, 7) is 3.17. The number of aliphatic hydroxyl groups is 1. The summed E-state index contributed by atoms with van der Waals surface area (Å²) in [5, 5.41) is 15.7. The molecule has 3 heterocycles. The molecule has 0 fully saturated rings. The fourth-order valence-corrected chi connectivity index (χ4v) is 6.50. The van der Waals surface area contributed by atoms with Gasteiger partial charge in [-0.15, -0.1) is 22.7 Å². The average Bonchev–Trinajstić information content (AvgIpc) is 3.39. The van der Waals surface area contributed by atoms with Crippen LogP contribution < -0.4 is 4.31 Å². The van der Waals surface area contributed by atoms with Gasteiger partial charge in [0.15, 0.2) is 0 Å². The van der Waals surface area contributed by atoms with Crippen molar-refractivity contribution >= 4 is 49.3 Å². The van der Waals surface area contributed by atoms with Crippen LogP contribution in [0, 0.1) is 0 Å². The van der Waals surface area contributed by atoms with E-state index in [4.69, 9.17) is 0 Å². The van der Waals surface area contributed by atoms with Gasteiger partial charge in [-0.05, 0) is 37.4 Å². The highest BCUT2D eigenvalue weighted by Gasteiger charge is 2.32. The molecule has 0 bridgehead atoms. The monoisotopic (exact) mass is 433 g/mol.